The van der Waals surface area contributed by atoms with Crippen LogP contribution in [0.3, 0.4) is 0 Å². The second kappa shape index (κ2) is 5.70. The molecule has 0 fully saturated rings. The first-order valence-electron chi connectivity index (χ1n) is 5.70. The maximum atomic E-state index is 12.0. The number of nitrogens with zero attached hydrogens (tertiary/aromatic N) is 2. The van der Waals surface area contributed by atoms with Crippen molar-refractivity contribution >= 4 is 21.9 Å². The minimum atomic E-state index is -3.79. The van der Waals surface area contributed by atoms with Crippen molar-refractivity contribution in [3.05, 3.63) is 36.2 Å². The second-order valence-corrected chi connectivity index (χ2v) is 5.33. The molecule has 8 nitrogen and oxygen atoms in total. The third kappa shape index (κ3) is 3.12. The Balaban J connectivity index is 2.17. The van der Waals surface area contributed by atoms with Crippen LogP contribution in [0.25, 0.3) is 0 Å². The topological polar surface area (TPSA) is 114 Å². The Morgan fingerprint density at radius 1 is 1.35 bits per heavy atom. The first kappa shape index (κ1) is 14.0. The van der Waals surface area contributed by atoms with E-state index in [-0.39, 0.29) is 23.3 Å². The lowest BCUT2D eigenvalue weighted by Gasteiger charge is -2.03. The van der Waals surface area contributed by atoms with Crippen molar-refractivity contribution in [2.45, 2.75) is 11.8 Å². The highest BCUT2D eigenvalue weighted by molar-refractivity contribution is 7.92. The van der Waals surface area contributed by atoms with Gasteiger partial charge in [-0.3, -0.25) is 5.10 Å². The molecule has 1 aromatic carbocycles. The van der Waals surface area contributed by atoms with Crippen LogP contribution >= 0.6 is 0 Å². The highest BCUT2D eigenvalue weighted by Crippen LogP contribution is 2.12. The molecule has 0 aliphatic heterocycles. The molecule has 1 heterocycles. The lowest BCUT2D eigenvalue weighted by atomic mass is 10.4. The van der Waals surface area contributed by atoms with Crippen LogP contribution in [-0.4, -0.2) is 36.2 Å². The monoisotopic (exact) mass is 296 g/mol. The molecule has 106 valence electrons. The largest absolute Gasteiger partial charge is 0.460 e. The highest BCUT2D eigenvalue weighted by Gasteiger charge is 2.18. The van der Waals surface area contributed by atoms with Crippen LogP contribution in [0.4, 0.5) is 5.95 Å². The summed E-state index contributed by atoms with van der Waals surface area (Å²) < 4.78 is 30.8. The Hall–Kier alpha value is -2.42. The van der Waals surface area contributed by atoms with E-state index in [1.807, 2.05) is 0 Å². The van der Waals surface area contributed by atoms with Crippen molar-refractivity contribution in [3.63, 3.8) is 0 Å². The van der Waals surface area contributed by atoms with Crippen molar-refractivity contribution in [2.24, 2.45) is 0 Å². The van der Waals surface area contributed by atoms with Crippen molar-refractivity contribution < 1.29 is 17.9 Å². The van der Waals surface area contributed by atoms with Gasteiger partial charge in [0.25, 0.3) is 16.0 Å². The zero-order chi connectivity index (χ0) is 14.6. The Kier molecular flexibility index (Phi) is 3.99. The smallest absolute Gasteiger partial charge is 0.375 e. The number of anilines is 1. The number of H-pyrrole nitrogens is 1. The molecule has 0 radical (unpaired) electrons. The summed E-state index contributed by atoms with van der Waals surface area (Å²) in [4.78, 5) is 15.1. The Morgan fingerprint density at radius 3 is 2.70 bits per heavy atom. The number of hydrogen-bond donors (Lipinski definition) is 2. The Morgan fingerprint density at radius 2 is 2.05 bits per heavy atom. The van der Waals surface area contributed by atoms with Gasteiger partial charge in [0.2, 0.25) is 5.82 Å². The molecular weight excluding hydrogens is 284 g/mol. The number of rotatable bonds is 5. The van der Waals surface area contributed by atoms with E-state index in [0.29, 0.717) is 0 Å². The number of hydrogen-bond acceptors (Lipinski definition) is 6. The number of ether oxygens (including phenoxy) is 1. The van der Waals surface area contributed by atoms with Gasteiger partial charge >= 0.3 is 5.97 Å². The number of sulfonamides is 1. The summed E-state index contributed by atoms with van der Waals surface area (Å²) in [6.07, 6.45) is 0. The molecule has 0 saturated heterocycles. The number of carbonyl (C=O) groups is 1. The molecule has 2 aromatic rings. The van der Waals surface area contributed by atoms with E-state index in [0.717, 1.165) is 0 Å². The molecule has 0 spiro atoms. The normalized spacial score (nSPS) is 11.1. The van der Waals surface area contributed by atoms with Gasteiger partial charge in [-0.1, -0.05) is 18.2 Å². The van der Waals surface area contributed by atoms with Crippen LogP contribution in [0.2, 0.25) is 0 Å². The predicted octanol–water partition coefficient (Wildman–Crippen LogP) is 0.782. The fraction of sp³-hybridized carbons (Fsp3) is 0.182. The number of benzene rings is 1. The van der Waals surface area contributed by atoms with E-state index in [9.17, 15) is 13.2 Å². The summed E-state index contributed by atoms with van der Waals surface area (Å²) >= 11 is 0. The molecule has 0 aliphatic carbocycles. The lowest BCUT2D eigenvalue weighted by molar-refractivity contribution is 0.0512. The van der Waals surface area contributed by atoms with Crippen LogP contribution < -0.4 is 4.72 Å². The molecular formula is C11H12N4O4S. The molecule has 2 rings (SSSR count). The van der Waals surface area contributed by atoms with Crippen molar-refractivity contribution in [2.75, 3.05) is 11.3 Å². The van der Waals surface area contributed by atoms with E-state index >= 15 is 0 Å². The Labute approximate surface area is 115 Å². The van der Waals surface area contributed by atoms with Gasteiger partial charge in [-0.15, -0.1) is 5.10 Å². The third-order valence-electron chi connectivity index (χ3n) is 2.23. The van der Waals surface area contributed by atoms with E-state index < -0.39 is 16.0 Å². The zero-order valence-electron chi connectivity index (χ0n) is 10.5. The van der Waals surface area contributed by atoms with Gasteiger partial charge in [0.1, 0.15) is 0 Å². The van der Waals surface area contributed by atoms with E-state index in [1.165, 1.54) is 12.1 Å². The molecule has 2 N–H and O–H groups in total. The van der Waals surface area contributed by atoms with Crippen molar-refractivity contribution in [1.82, 2.24) is 15.2 Å². The summed E-state index contributed by atoms with van der Waals surface area (Å²) in [5, 5.41) is 5.90. The van der Waals surface area contributed by atoms with Gasteiger partial charge in [-0.25, -0.2) is 17.9 Å². The van der Waals surface area contributed by atoms with Crippen molar-refractivity contribution in [1.29, 1.82) is 0 Å². The molecule has 9 heteroatoms. The number of aromatic nitrogens is 3. The molecule has 0 bridgehead atoms. The van der Waals surface area contributed by atoms with Gasteiger partial charge in [0.15, 0.2) is 0 Å². The standard InChI is InChI=1S/C11H12N4O4S/c1-2-19-10(16)9-12-11(14-13-9)15-20(17,18)8-6-4-3-5-7-8/h3-7H,2H2,1H3,(H2,12,13,14,15). The van der Waals surface area contributed by atoms with Crippen molar-refractivity contribution in [3.8, 4) is 0 Å². The molecule has 0 amide bonds. The lowest BCUT2D eigenvalue weighted by Crippen LogP contribution is -2.14. The van der Waals surface area contributed by atoms with E-state index in [1.54, 1.807) is 25.1 Å². The Bertz CT molecular complexity index is 696. The molecule has 0 saturated carbocycles. The number of nitrogens with one attached hydrogen (secondary N) is 2. The summed E-state index contributed by atoms with van der Waals surface area (Å²) in [5.74, 6) is -1.10. The van der Waals surface area contributed by atoms with Gasteiger partial charge in [-0.2, -0.15) is 4.98 Å². The molecule has 0 unspecified atom stereocenters. The van der Waals surface area contributed by atoms with E-state index in [2.05, 4.69) is 19.9 Å². The number of aromatic amines is 1. The summed E-state index contributed by atoms with van der Waals surface area (Å²) in [5.41, 5.74) is 0. The predicted molar refractivity (Wildman–Crippen MR) is 69.6 cm³/mol. The fourth-order valence-electron chi connectivity index (χ4n) is 1.38. The zero-order valence-corrected chi connectivity index (χ0v) is 11.3. The maximum absolute atomic E-state index is 12.0. The van der Waals surface area contributed by atoms with Gasteiger partial charge < -0.3 is 4.74 Å². The fourth-order valence-corrected chi connectivity index (χ4v) is 2.34. The summed E-state index contributed by atoms with van der Waals surface area (Å²) in [6.45, 7) is 1.83. The first-order valence-corrected chi connectivity index (χ1v) is 7.18. The third-order valence-corrected chi connectivity index (χ3v) is 3.58. The van der Waals surface area contributed by atoms with Crippen LogP contribution in [0, 0.1) is 0 Å². The first-order chi connectivity index (χ1) is 9.53. The minimum Gasteiger partial charge on any atom is -0.460 e. The average molecular weight is 296 g/mol. The van der Waals surface area contributed by atoms with Crippen LogP contribution in [-0.2, 0) is 14.8 Å². The summed E-state index contributed by atoms with van der Waals surface area (Å²) in [7, 11) is -3.79. The van der Waals surface area contributed by atoms with Gasteiger partial charge in [-0.05, 0) is 19.1 Å². The highest BCUT2D eigenvalue weighted by atomic mass is 32.2. The number of esters is 1. The average Bonchev–Trinajstić information content (AvgIpc) is 2.88. The SMILES string of the molecule is CCOC(=O)c1nc(NS(=O)(=O)c2ccccc2)n[nH]1. The van der Waals surface area contributed by atoms with Gasteiger partial charge in [0.05, 0.1) is 11.5 Å². The summed E-state index contributed by atoms with van der Waals surface area (Å²) in [6, 6.07) is 7.75. The van der Waals surface area contributed by atoms with Crippen LogP contribution in [0.15, 0.2) is 35.2 Å². The minimum absolute atomic E-state index is 0.0717. The quantitative estimate of drug-likeness (QED) is 0.788. The van der Waals surface area contributed by atoms with Crippen LogP contribution in [0.5, 0.6) is 0 Å². The number of carbonyl (C=O) groups excluding carboxylic acids is 1. The molecule has 0 aliphatic rings. The van der Waals surface area contributed by atoms with Gasteiger partial charge in [0, 0.05) is 0 Å². The molecule has 1 aromatic heterocycles. The second-order valence-electron chi connectivity index (χ2n) is 3.65. The van der Waals surface area contributed by atoms with E-state index in [4.69, 9.17) is 4.74 Å². The molecule has 20 heavy (non-hydrogen) atoms. The molecule has 0 atom stereocenters. The van der Waals surface area contributed by atoms with Crippen LogP contribution in [0.1, 0.15) is 17.5 Å². The maximum Gasteiger partial charge on any atom is 0.375 e.